The molecule has 0 fully saturated rings. The number of fused-ring (bicyclic) bond motifs is 1. The first-order valence-electron chi connectivity index (χ1n) is 13.1. The summed E-state index contributed by atoms with van der Waals surface area (Å²) in [5, 5.41) is 20.4. The van der Waals surface area contributed by atoms with E-state index in [9.17, 15) is 22.7 Å². The van der Waals surface area contributed by atoms with Gasteiger partial charge in [0.2, 0.25) is 10.0 Å². The summed E-state index contributed by atoms with van der Waals surface area (Å²) >= 11 is 0. The predicted octanol–water partition coefficient (Wildman–Crippen LogP) is 4.92. The number of sulfonamides is 1. The highest BCUT2D eigenvalue weighted by molar-refractivity contribution is 7.92. The number of H-pyrrole nitrogens is 1. The maximum Gasteiger partial charge on any atom is 0.303 e. The molecule has 0 radical (unpaired) electrons. The molecule has 1 aromatic heterocycles. The number of nitrogens with zero attached hydrogens (tertiary/aromatic N) is 3. The number of aromatic hydroxyl groups is 1. The molecule has 0 unspecified atom stereocenters. The Kier molecular flexibility index (Phi) is 9.09. The van der Waals surface area contributed by atoms with Gasteiger partial charge in [-0.05, 0) is 81.5 Å². The molecular weight excluding hydrogens is 547 g/mol. The van der Waals surface area contributed by atoms with Crippen molar-refractivity contribution in [3.63, 3.8) is 0 Å². The fourth-order valence-corrected chi connectivity index (χ4v) is 5.55. The Bertz CT molecular complexity index is 1660. The number of aliphatic imine (C=N–C) groups is 1. The van der Waals surface area contributed by atoms with Gasteiger partial charge in [0.05, 0.1) is 34.4 Å². The van der Waals surface area contributed by atoms with Gasteiger partial charge in [0.25, 0.3) is 0 Å². The lowest BCUT2D eigenvalue weighted by Gasteiger charge is -2.23. The fraction of sp³-hybridized carbons (Fsp3) is 0.267. The Hall–Kier alpha value is -4.22. The number of hydrogen-bond donors (Lipinski definition) is 3. The van der Waals surface area contributed by atoms with Crippen LogP contribution >= 0.6 is 0 Å². The first-order valence-corrected chi connectivity index (χ1v) is 14.9. The number of carbonyl (C=O) groups is 1. The average Bonchev–Trinajstić information content (AvgIpc) is 3.23. The van der Waals surface area contributed by atoms with Gasteiger partial charge < -0.3 is 20.1 Å². The number of aromatic nitrogens is 1. The topological polar surface area (TPSA) is 126 Å². The van der Waals surface area contributed by atoms with Crippen LogP contribution in [0.5, 0.6) is 5.88 Å². The molecule has 0 atom stereocenters. The molecule has 0 saturated heterocycles. The molecule has 216 valence electrons. The van der Waals surface area contributed by atoms with Crippen LogP contribution in [-0.2, 0) is 21.2 Å². The number of carboxylic acids is 1. The minimum Gasteiger partial charge on any atom is -0.494 e. The van der Waals surface area contributed by atoms with Crippen LogP contribution in [0, 0.1) is 5.82 Å². The van der Waals surface area contributed by atoms with Gasteiger partial charge in [-0.2, -0.15) is 0 Å². The summed E-state index contributed by atoms with van der Waals surface area (Å²) in [6, 6.07) is 18.1. The molecule has 0 spiro atoms. The summed E-state index contributed by atoms with van der Waals surface area (Å²) in [5.41, 5.74) is 3.69. The smallest absolute Gasteiger partial charge is 0.303 e. The molecule has 0 aliphatic heterocycles. The summed E-state index contributed by atoms with van der Waals surface area (Å²) in [6.07, 6.45) is 2.20. The molecule has 4 rings (SSSR count). The van der Waals surface area contributed by atoms with E-state index in [1.54, 1.807) is 54.6 Å². The zero-order valence-electron chi connectivity index (χ0n) is 23.1. The summed E-state index contributed by atoms with van der Waals surface area (Å²) in [4.78, 5) is 20.6. The number of benzene rings is 3. The third-order valence-electron chi connectivity index (χ3n) is 6.58. The Labute approximate surface area is 238 Å². The standard InChI is InChI=1S/C30H33FN4O5S/c1-34(2)17-4-18-35(41(3,39)40)24-13-11-23(12-14-24)32-29(21-8-5-20(6-9-21)7-16-27(36)37)28-25-15-10-22(31)19-26(25)33-30(28)38/h5-6,8-15,19,33,38H,4,7,16-18H2,1-3H3,(H,36,37). The SMILES string of the molecule is CN(C)CCCN(c1ccc(N=C(c2ccc(CCC(=O)O)cc2)c2c(O)[nH]c3cc(F)ccc23)cc1)S(C)(=O)=O. The maximum absolute atomic E-state index is 13.9. The van der Waals surface area contributed by atoms with Crippen LogP contribution < -0.4 is 4.31 Å². The van der Waals surface area contributed by atoms with Crippen molar-refractivity contribution in [2.24, 2.45) is 4.99 Å². The first kappa shape index (κ1) is 29.8. The van der Waals surface area contributed by atoms with Gasteiger partial charge in [-0.1, -0.05) is 24.3 Å². The average molecular weight is 581 g/mol. The Balaban J connectivity index is 1.75. The van der Waals surface area contributed by atoms with Crippen LogP contribution in [0.2, 0.25) is 0 Å². The number of nitrogens with one attached hydrogen (secondary N) is 1. The number of halogens is 1. The van der Waals surface area contributed by atoms with Crippen molar-refractivity contribution in [2.75, 3.05) is 37.7 Å². The second-order valence-electron chi connectivity index (χ2n) is 10.1. The largest absolute Gasteiger partial charge is 0.494 e. The highest BCUT2D eigenvalue weighted by atomic mass is 32.2. The zero-order chi connectivity index (χ0) is 29.7. The summed E-state index contributed by atoms with van der Waals surface area (Å²) in [7, 11) is 0.359. The van der Waals surface area contributed by atoms with Gasteiger partial charge in [0.15, 0.2) is 5.88 Å². The van der Waals surface area contributed by atoms with E-state index in [4.69, 9.17) is 10.1 Å². The lowest BCUT2D eigenvalue weighted by Crippen LogP contribution is -2.32. The predicted molar refractivity (Wildman–Crippen MR) is 159 cm³/mol. The van der Waals surface area contributed by atoms with Crippen molar-refractivity contribution >= 4 is 44.0 Å². The molecular formula is C30H33FN4O5S. The van der Waals surface area contributed by atoms with E-state index >= 15 is 0 Å². The number of hydrogen-bond acceptors (Lipinski definition) is 6. The summed E-state index contributed by atoms with van der Waals surface area (Å²) < 4.78 is 40.3. The van der Waals surface area contributed by atoms with Crippen LogP contribution in [0.3, 0.4) is 0 Å². The lowest BCUT2D eigenvalue weighted by atomic mass is 9.98. The number of aliphatic carboxylic acids is 1. The second kappa shape index (κ2) is 12.5. The Morgan fingerprint density at radius 2 is 1.68 bits per heavy atom. The Morgan fingerprint density at radius 1 is 1.00 bits per heavy atom. The fourth-order valence-electron chi connectivity index (χ4n) is 4.58. The molecule has 1 heterocycles. The van der Waals surface area contributed by atoms with Crippen LogP contribution in [0.4, 0.5) is 15.8 Å². The van der Waals surface area contributed by atoms with Crippen molar-refractivity contribution < 1.29 is 27.8 Å². The van der Waals surface area contributed by atoms with Gasteiger partial charge in [0.1, 0.15) is 5.82 Å². The molecule has 9 nitrogen and oxygen atoms in total. The van der Waals surface area contributed by atoms with E-state index in [-0.39, 0.29) is 12.3 Å². The van der Waals surface area contributed by atoms with Crippen LogP contribution in [-0.4, -0.2) is 73.6 Å². The highest BCUT2D eigenvalue weighted by Crippen LogP contribution is 2.32. The van der Waals surface area contributed by atoms with E-state index in [0.717, 1.165) is 12.1 Å². The number of carboxylic acid groups (broad SMARTS) is 1. The molecule has 41 heavy (non-hydrogen) atoms. The number of rotatable bonds is 12. The minimum absolute atomic E-state index is 0.00108. The first-order chi connectivity index (χ1) is 19.4. The lowest BCUT2D eigenvalue weighted by molar-refractivity contribution is -0.136. The normalized spacial score (nSPS) is 12.3. The number of aromatic amines is 1. The molecule has 3 aromatic carbocycles. The van der Waals surface area contributed by atoms with E-state index in [0.29, 0.717) is 58.5 Å². The van der Waals surface area contributed by atoms with Gasteiger partial charge in [-0.3, -0.25) is 9.10 Å². The van der Waals surface area contributed by atoms with Crippen molar-refractivity contribution in [1.82, 2.24) is 9.88 Å². The van der Waals surface area contributed by atoms with Gasteiger partial charge >= 0.3 is 5.97 Å². The van der Waals surface area contributed by atoms with E-state index in [1.807, 2.05) is 19.0 Å². The van der Waals surface area contributed by atoms with Crippen molar-refractivity contribution in [1.29, 1.82) is 0 Å². The number of anilines is 1. The molecule has 0 saturated carbocycles. The highest BCUT2D eigenvalue weighted by Gasteiger charge is 2.20. The monoisotopic (exact) mass is 580 g/mol. The molecule has 0 aliphatic carbocycles. The summed E-state index contributed by atoms with van der Waals surface area (Å²) in [5.74, 6) is -1.52. The Morgan fingerprint density at radius 3 is 2.29 bits per heavy atom. The zero-order valence-corrected chi connectivity index (χ0v) is 23.9. The molecule has 3 N–H and O–H groups in total. The third kappa shape index (κ3) is 7.50. The summed E-state index contributed by atoms with van der Waals surface area (Å²) in [6.45, 7) is 1.07. The molecule has 4 aromatic rings. The van der Waals surface area contributed by atoms with Crippen LogP contribution in [0.15, 0.2) is 71.7 Å². The van der Waals surface area contributed by atoms with Crippen molar-refractivity contribution in [3.05, 3.63) is 89.2 Å². The third-order valence-corrected chi connectivity index (χ3v) is 7.77. The molecule has 0 aliphatic rings. The second-order valence-corrected chi connectivity index (χ2v) is 12.0. The van der Waals surface area contributed by atoms with Crippen LogP contribution in [0.25, 0.3) is 10.9 Å². The molecule has 11 heteroatoms. The van der Waals surface area contributed by atoms with E-state index < -0.39 is 21.8 Å². The van der Waals surface area contributed by atoms with Crippen molar-refractivity contribution in [3.8, 4) is 5.88 Å². The van der Waals surface area contributed by atoms with Gasteiger partial charge in [-0.15, -0.1) is 0 Å². The molecule has 0 amide bonds. The maximum atomic E-state index is 13.9. The van der Waals surface area contributed by atoms with Crippen LogP contribution in [0.1, 0.15) is 29.5 Å². The quantitative estimate of drug-likeness (QED) is 0.204. The van der Waals surface area contributed by atoms with Gasteiger partial charge in [-0.25, -0.2) is 17.8 Å². The number of aryl methyl sites for hydroxylation is 1. The van der Waals surface area contributed by atoms with E-state index in [2.05, 4.69) is 4.98 Å². The van der Waals surface area contributed by atoms with E-state index in [1.165, 1.54) is 22.7 Å². The molecule has 0 bridgehead atoms. The van der Waals surface area contributed by atoms with Gasteiger partial charge in [0, 0.05) is 23.9 Å². The van der Waals surface area contributed by atoms with Crippen molar-refractivity contribution in [2.45, 2.75) is 19.3 Å². The minimum atomic E-state index is -3.50.